The lowest BCUT2D eigenvalue weighted by atomic mass is 9.94. The van der Waals surface area contributed by atoms with E-state index in [4.69, 9.17) is 4.74 Å². The van der Waals surface area contributed by atoms with Crippen molar-refractivity contribution in [3.63, 3.8) is 0 Å². The maximum atomic E-state index is 14.0. The molecule has 2 aliphatic heterocycles. The van der Waals surface area contributed by atoms with Gasteiger partial charge >= 0.3 is 12.0 Å². The zero-order valence-corrected chi connectivity index (χ0v) is 21.0. The molecular weight excluding hydrogens is 487 g/mol. The lowest BCUT2D eigenvalue weighted by Crippen LogP contribution is -2.53. The van der Waals surface area contributed by atoms with Gasteiger partial charge in [0, 0.05) is 45.5 Å². The number of nitrogens with one attached hydrogen (secondary N) is 1. The monoisotopic (exact) mass is 516 g/mol. The van der Waals surface area contributed by atoms with E-state index in [0.717, 1.165) is 0 Å². The summed E-state index contributed by atoms with van der Waals surface area (Å²) in [5.74, 6) is -1.08. The van der Waals surface area contributed by atoms with Gasteiger partial charge in [0.2, 0.25) is 10.0 Å². The van der Waals surface area contributed by atoms with E-state index in [-0.39, 0.29) is 36.7 Å². The van der Waals surface area contributed by atoms with Crippen LogP contribution in [0, 0.1) is 5.82 Å². The minimum atomic E-state index is -3.61. The van der Waals surface area contributed by atoms with Crippen LogP contribution in [0.5, 0.6) is 0 Å². The van der Waals surface area contributed by atoms with E-state index in [2.05, 4.69) is 5.32 Å². The number of benzene rings is 2. The molecule has 2 amide bonds. The standard InChI is InChI=1S/C25H29FN4O5S/c1-3-35-24(31)22-21(28(2)25(32)27-23(22)18-8-7-9-19(26)16-18)17-29-12-14-30(15-13-29)36(33,34)20-10-5-4-6-11-20/h4-11,16,23H,3,12-15,17H2,1-2H3,(H,27,32)/t23-/m0/s1. The molecule has 1 fully saturated rings. The van der Waals surface area contributed by atoms with Crippen LogP contribution in [-0.4, -0.2) is 80.9 Å². The summed E-state index contributed by atoms with van der Waals surface area (Å²) in [6.07, 6.45) is 0. The van der Waals surface area contributed by atoms with Crippen molar-refractivity contribution in [1.29, 1.82) is 0 Å². The van der Waals surface area contributed by atoms with Crippen molar-refractivity contribution in [3.8, 4) is 0 Å². The maximum absolute atomic E-state index is 14.0. The highest BCUT2D eigenvalue weighted by atomic mass is 32.2. The summed E-state index contributed by atoms with van der Waals surface area (Å²) in [7, 11) is -2.05. The number of sulfonamides is 1. The number of hydrogen-bond donors (Lipinski definition) is 1. The Morgan fingerprint density at radius 2 is 1.78 bits per heavy atom. The van der Waals surface area contributed by atoms with Crippen molar-refractivity contribution < 1.29 is 27.1 Å². The quantitative estimate of drug-likeness (QED) is 0.568. The molecule has 1 saturated heterocycles. The van der Waals surface area contributed by atoms with Crippen LogP contribution in [0.4, 0.5) is 9.18 Å². The maximum Gasteiger partial charge on any atom is 0.338 e. The molecular formula is C25H29FN4O5S. The van der Waals surface area contributed by atoms with Crippen LogP contribution in [0.15, 0.2) is 70.8 Å². The van der Waals surface area contributed by atoms with Crippen LogP contribution in [-0.2, 0) is 19.6 Å². The minimum absolute atomic E-state index is 0.138. The summed E-state index contributed by atoms with van der Waals surface area (Å²) in [5.41, 5.74) is 1.09. The van der Waals surface area contributed by atoms with E-state index in [0.29, 0.717) is 24.4 Å². The summed E-state index contributed by atoms with van der Waals surface area (Å²) in [5, 5.41) is 2.77. The molecule has 2 aromatic carbocycles. The zero-order chi connectivity index (χ0) is 25.9. The van der Waals surface area contributed by atoms with Crippen LogP contribution < -0.4 is 5.32 Å². The summed E-state index contributed by atoms with van der Waals surface area (Å²) in [4.78, 5) is 29.5. The van der Waals surface area contributed by atoms with E-state index in [1.165, 1.54) is 27.4 Å². The molecule has 4 rings (SSSR count). The molecule has 0 radical (unpaired) electrons. The number of likely N-dealkylation sites (N-methyl/N-ethyl adjacent to an activating group) is 1. The molecule has 1 atom stereocenters. The molecule has 0 aliphatic carbocycles. The zero-order valence-electron chi connectivity index (χ0n) is 20.2. The SMILES string of the molecule is CCOC(=O)C1=C(CN2CCN(S(=O)(=O)c3ccccc3)CC2)N(C)C(=O)N[C@H]1c1cccc(F)c1. The van der Waals surface area contributed by atoms with Gasteiger partial charge in [0.15, 0.2) is 0 Å². The first-order chi connectivity index (χ1) is 17.2. The smallest absolute Gasteiger partial charge is 0.338 e. The van der Waals surface area contributed by atoms with Crippen molar-refractivity contribution in [2.75, 3.05) is 46.4 Å². The van der Waals surface area contributed by atoms with Gasteiger partial charge in [-0.15, -0.1) is 0 Å². The predicted molar refractivity (Wildman–Crippen MR) is 131 cm³/mol. The number of halogens is 1. The third-order valence-corrected chi connectivity index (χ3v) is 8.25. The highest BCUT2D eigenvalue weighted by Gasteiger charge is 2.38. The van der Waals surface area contributed by atoms with Gasteiger partial charge in [-0.1, -0.05) is 30.3 Å². The molecule has 0 saturated carbocycles. The van der Waals surface area contributed by atoms with Crippen LogP contribution in [0.25, 0.3) is 0 Å². The topological polar surface area (TPSA) is 99.3 Å². The number of esters is 1. The van der Waals surface area contributed by atoms with Crippen molar-refractivity contribution in [1.82, 2.24) is 19.4 Å². The number of carbonyl (C=O) groups excluding carboxylic acids is 2. The Morgan fingerprint density at radius 3 is 2.42 bits per heavy atom. The predicted octanol–water partition coefficient (Wildman–Crippen LogP) is 2.35. The normalized spacial score (nSPS) is 19.8. The molecule has 36 heavy (non-hydrogen) atoms. The molecule has 9 nitrogen and oxygen atoms in total. The summed E-state index contributed by atoms with van der Waals surface area (Å²) in [6, 6.07) is 12.7. The van der Waals surface area contributed by atoms with E-state index in [9.17, 15) is 22.4 Å². The molecule has 0 aromatic heterocycles. The van der Waals surface area contributed by atoms with Gasteiger partial charge in [-0.05, 0) is 36.8 Å². The van der Waals surface area contributed by atoms with Crippen molar-refractivity contribution >= 4 is 22.0 Å². The largest absolute Gasteiger partial charge is 0.463 e. The van der Waals surface area contributed by atoms with Gasteiger partial charge in [0.25, 0.3) is 0 Å². The van der Waals surface area contributed by atoms with Crippen molar-refractivity contribution in [2.24, 2.45) is 0 Å². The fourth-order valence-electron chi connectivity index (χ4n) is 4.42. The third-order valence-electron chi connectivity index (χ3n) is 6.34. The summed E-state index contributed by atoms with van der Waals surface area (Å²) >= 11 is 0. The number of amides is 2. The van der Waals surface area contributed by atoms with Crippen LogP contribution >= 0.6 is 0 Å². The van der Waals surface area contributed by atoms with Crippen LogP contribution in [0.1, 0.15) is 18.5 Å². The summed E-state index contributed by atoms with van der Waals surface area (Å²) in [6.45, 7) is 3.40. The molecule has 0 spiro atoms. The number of ether oxygens (including phenoxy) is 1. The first kappa shape index (κ1) is 25.8. The van der Waals surface area contributed by atoms with E-state index in [1.54, 1.807) is 50.4 Å². The molecule has 1 N–H and O–H groups in total. The lowest BCUT2D eigenvalue weighted by Gasteiger charge is -2.39. The molecule has 2 heterocycles. The number of carbonyl (C=O) groups is 2. The molecule has 0 unspecified atom stereocenters. The highest BCUT2D eigenvalue weighted by molar-refractivity contribution is 7.89. The molecule has 2 aromatic rings. The minimum Gasteiger partial charge on any atom is -0.463 e. The molecule has 0 bridgehead atoms. The van der Waals surface area contributed by atoms with Gasteiger partial charge < -0.3 is 10.1 Å². The second-order valence-corrected chi connectivity index (χ2v) is 10.5. The molecule has 2 aliphatic rings. The highest BCUT2D eigenvalue weighted by Crippen LogP contribution is 2.32. The second-order valence-electron chi connectivity index (χ2n) is 8.57. The Labute approximate surface area is 210 Å². The molecule has 192 valence electrons. The Hall–Kier alpha value is -3.28. The van der Waals surface area contributed by atoms with Gasteiger partial charge in [0.05, 0.1) is 23.1 Å². The van der Waals surface area contributed by atoms with E-state index in [1.807, 2.05) is 4.90 Å². The average Bonchev–Trinajstić information content (AvgIpc) is 2.87. The number of piperazine rings is 1. The van der Waals surface area contributed by atoms with E-state index >= 15 is 0 Å². The van der Waals surface area contributed by atoms with Gasteiger partial charge in [-0.2, -0.15) is 4.31 Å². The van der Waals surface area contributed by atoms with E-state index < -0.39 is 33.9 Å². The lowest BCUT2D eigenvalue weighted by molar-refractivity contribution is -0.139. The van der Waals surface area contributed by atoms with Gasteiger partial charge in [-0.3, -0.25) is 9.80 Å². The number of rotatable bonds is 7. The van der Waals surface area contributed by atoms with Crippen molar-refractivity contribution in [3.05, 3.63) is 77.2 Å². The van der Waals surface area contributed by atoms with Crippen LogP contribution in [0.3, 0.4) is 0 Å². The van der Waals surface area contributed by atoms with Crippen LogP contribution in [0.2, 0.25) is 0 Å². The molecule has 11 heteroatoms. The fourth-order valence-corrected chi connectivity index (χ4v) is 5.86. The number of nitrogens with zero attached hydrogens (tertiary/aromatic N) is 3. The Kier molecular flexibility index (Phi) is 7.72. The Balaban J connectivity index is 1.60. The van der Waals surface area contributed by atoms with Gasteiger partial charge in [0.1, 0.15) is 5.82 Å². The average molecular weight is 517 g/mol. The van der Waals surface area contributed by atoms with Crippen molar-refractivity contribution in [2.45, 2.75) is 17.9 Å². The van der Waals surface area contributed by atoms with Gasteiger partial charge in [-0.25, -0.2) is 22.4 Å². The first-order valence-corrected chi connectivity index (χ1v) is 13.1. The number of hydrogen-bond acceptors (Lipinski definition) is 6. The number of urea groups is 1. The summed E-state index contributed by atoms with van der Waals surface area (Å²) < 4.78 is 46.6. The Morgan fingerprint density at radius 1 is 1.08 bits per heavy atom. The second kappa shape index (κ2) is 10.8. The third kappa shape index (κ3) is 5.28. The first-order valence-electron chi connectivity index (χ1n) is 11.7. The fraction of sp³-hybridized carbons (Fsp3) is 0.360. The Bertz CT molecular complexity index is 1260.